The van der Waals surface area contributed by atoms with Crippen molar-refractivity contribution >= 4 is 0 Å². The monoisotopic (exact) mass is 188 g/mol. The average molecular weight is 188 g/mol. The summed E-state index contributed by atoms with van der Waals surface area (Å²) < 4.78 is 4.76. The minimum atomic E-state index is 0.330. The van der Waals surface area contributed by atoms with Gasteiger partial charge in [-0.15, -0.1) is 0 Å². The van der Waals surface area contributed by atoms with Crippen molar-refractivity contribution in [1.29, 1.82) is 0 Å². The summed E-state index contributed by atoms with van der Waals surface area (Å²) in [7, 11) is 0. The summed E-state index contributed by atoms with van der Waals surface area (Å²) in [6, 6.07) is 9.95. The van der Waals surface area contributed by atoms with Crippen molar-refractivity contribution < 1.29 is 4.63 Å². The first kappa shape index (κ1) is 8.94. The number of hydrogen-bond donors (Lipinski definition) is 0. The van der Waals surface area contributed by atoms with Gasteiger partial charge in [-0.05, 0) is 5.16 Å². The third-order valence-electron chi connectivity index (χ3n) is 2.11. The molecule has 0 amide bonds. The third kappa shape index (κ3) is 1.53. The van der Waals surface area contributed by atoms with Crippen LogP contribution in [-0.4, -0.2) is 10.3 Å². The molecule has 0 aliphatic carbocycles. The van der Waals surface area contributed by atoms with Gasteiger partial charge in [0, 0.05) is 11.5 Å². The van der Waals surface area contributed by atoms with Crippen LogP contribution in [0.2, 0.25) is 0 Å². The Balaban J connectivity index is 2.47. The summed E-state index contributed by atoms with van der Waals surface area (Å²) in [5.41, 5.74) is 2.81. The molecule has 0 bridgehead atoms. The highest BCUT2D eigenvalue weighted by atomic mass is 16.6. The first-order valence-electron chi connectivity index (χ1n) is 4.67. The van der Waals surface area contributed by atoms with Crippen molar-refractivity contribution in [2.45, 2.75) is 19.8 Å². The molecule has 0 N–H and O–H groups in total. The molecular formula is C11H12N2O. The fourth-order valence-corrected chi connectivity index (χ4v) is 1.37. The van der Waals surface area contributed by atoms with Gasteiger partial charge in [0.05, 0.1) is 0 Å². The quantitative estimate of drug-likeness (QED) is 0.727. The van der Waals surface area contributed by atoms with Crippen molar-refractivity contribution in [3.63, 3.8) is 0 Å². The molecular weight excluding hydrogens is 176 g/mol. The van der Waals surface area contributed by atoms with E-state index in [1.54, 1.807) is 0 Å². The van der Waals surface area contributed by atoms with E-state index in [2.05, 4.69) is 24.2 Å². The molecule has 0 saturated heterocycles. The summed E-state index contributed by atoms with van der Waals surface area (Å²) in [4.78, 5) is 0. The van der Waals surface area contributed by atoms with Crippen LogP contribution in [0.1, 0.15) is 25.5 Å². The maximum atomic E-state index is 4.76. The minimum Gasteiger partial charge on any atom is -0.244 e. The van der Waals surface area contributed by atoms with Gasteiger partial charge in [-0.25, -0.2) is 4.63 Å². The van der Waals surface area contributed by atoms with Gasteiger partial charge in [-0.2, -0.15) is 0 Å². The zero-order chi connectivity index (χ0) is 9.97. The maximum absolute atomic E-state index is 4.76. The van der Waals surface area contributed by atoms with Crippen LogP contribution >= 0.6 is 0 Å². The molecule has 72 valence electrons. The summed E-state index contributed by atoms with van der Waals surface area (Å²) >= 11 is 0. The minimum absolute atomic E-state index is 0.330. The molecule has 3 heteroatoms. The molecule has 2 aromatic rings. The molecule has 0 radical (unpaired) electrons. The van der Waals surface area contributed by atoms with Crippen molar-refractivity contribution in [2.75, 3.05) is 0 Å². The first-order chi connectivity index (χ1) is 6.79. The van der Waals surface area contributed by atoms with Crippen molar-refractivity contribution in [2.24, 2.45) is 0 Å². The summed E-state index contributed by atoms with van der Waals surface area (Å²) in [5.74, 6) is 0.330. The van der Waals surface area contributed by atoms with E-state index in [1.165, 1.54) is 0 Å². The van der Waals surface area contributed by atoms with Gasteiger partial charge in [-0.3, -0.25) is 0 Å². The van der Waals surface area contributed by atoms with Gasteiger partial charge in [0.1, 0.15) is 11.4 Å². The molecule has 2 rings (SSSR count). The lowest BCUT2D eigenvalue weighted by atomic mass is 10.0. The summed E-state index contributed by atoms with van der Waals surface area (Å²) in [6.45, 7) is 4.15. The van der Waals surface area contributed by atoms with E-state index >= 15 is 0 Å². The molecule has 0 spiro atoms. The Bertz CT molecular complexity index is 406. The number of rotatable bonds is 2. The fourth-order valence-electron chi connectivity index (χ4n) is 1.37. The van der Waals surface area contributed by atoms with E-state index in [0.29, 0.717) is 5.92 Å². The average Bonchev–Trinajstić information content (AvgIpc) is 2.67. The molecule has 0 fully saturated rings. The van der Waals surface area contributed by atoms with Crippen LogP contribution in [0, 0.1) is 0 Å². The summed E-state index contributed by atoms with van der Waals surface area (Å²) in [5, 5.41) is 7.83. The van der Waals surface area contributed by atoms with Gasteiger partial charge in [0.2, 0.25) is 0 Å². The van der Waals surface area contributed by atoms with Crippen LogP contribution in [0.5, 0.6) is 0 Å². The predicted molar refractivity (Wildman–Crippen MR) is 53.8 cm³/mol. The highest BCUT2D eigenvalue weighted by Gasteiger charge is 2.14. The maximum Gasteiger partial charge on any atom is 0.138 e. The second-order valence-electron chi connectivity index (χ2n) is 3.52. The number of benzene rings is 1. The zero-order valence-electron chi connectivity index (χ0n) is 8.27. The molecule has 0 saturated carbocycles. The fraction of sp³-hybridized carbons (Fsp3) is 0.273. The highest BCUT2D eigenvalue weighted by molar-refractivity contribution is 5.61. The number of aromatic nitrogens is 2. The second-order valence-corrected chi connectivity index (χ2v) is 3.52. The smallest absolute Gasteiger partial charge is 0.138 e. The Morgan fingerprint density at radius 2 is 1.79 bits per heavy atom. The van der Waals surface area contributed by atoms with Gasteiger partial charge < -0.3 is 0 Å². The number of hydrogen-bond acceptors (Lipinski definition) is 3. The van der Waals surface area contributed by atoms with E-state index in [-0.39, 0.29) is 0 Å². The first-order valence-corrected chi connectivity index (χ1v) is 4.67. The van der Waals surface area contributed by atoms with Crippen molar-refractivity contribution in [3.8, 4) is 11.3 Å². The Hall–Kier alpha value is -1.64. The molecule has 0 aliphatic heterocycles. The van der Waals surface area contributed by atoms with Crippen molar-refractivity contribution in [1.82, 2.24) is 10.3 Å². The van der Waals surface area contributed by atoms with E-state index < -0.39 is 0 Å². The van der Waals surface area contributed by atoms with Gasteiger partial charge in [-0.1, -0.05) is 49.3 Å². The Morgan fingerprint density at radius 1 is 1.07 bits per heavy atom. The molecule has 0 unspecified atom stereocenters. The predicted octanol–water partition coefficient (Wildman–Crippen LogP) is 2.86. The van der Waals surface area contributed by atoms with Gasteiger partial charge in [0.25, 0.3) is 0 Å². The third-order valence-corrected chi connectivity index (χ3v) is 2.11. The zero-order valence-corrected chi connectivity index (χ0v) is 8.27. The SMILES string of the molecule is CC(C)c1nonc1-c1ccccc1. The Labute approximate surface area is 82.7 Å². The number of nitrogens with zero attached hydrogens (tertiary/aromatic N) is 2. The van der Waals surface area contributed by atoms with Crippen molar-refractivity contribution in [3.05, 3.63) is 36.0 Å². The van der Waals surface area contributed by atoms with Crippen LogP contribution in [-0.2, 0) is 0 Å². The topological polar surface area (TPSA) is 38.9 Å². The van der Waals surface area contributed by atoms with Gasteiger partial charge in [0.15, 0.2) is 0 Å². The molecule has 1 aromatic carbocycles. The Kier molecular flexibility index (Phi) is 2.31. The largest absolute Gasteiger partial charge is 0.244 e. The highest BCUT2D eigenvalue weighted by Crippen LogP contribution is 2.25. The van der Waals surface area contributed by atoms with E-state index in [9.17, 15) is 0 Å². The Morgan fingerprint density at radius 3 is 2.43 bits per heavy atom. The van der Waals surface area contributed by atoms with Crippen LogP contribution in [0.15, 0.2) is 35.0 Å². The molecule has 0 aliphatic rings. The lowest BCUT2D eigenvalue weighted by molar-refractivity contribution is 0.303. The van der Waals surface area contributed by atoms with Crippen LogP contribution in [0.4, 0.5) is 0 Å². The molecule has 3 nitrogen and oxygen atoms in total. The molecule has 14 heavy (non-hydrogen) atoms. The van der Waals surface area contributed by atoms with Crippen LogP contribution < -0.4 is 0 Å². The lowest BCUT2D eigenvalue weighted by Crippen LogP contribution is -1.90. The summed E-state index contributed by atoms with van der Waals surface area (Å²) in [6.07, 6.45) is 0. The van der Waals surface area contributed by atoms with Crippen LogP contribution in [0.3, 0.4) is 0 Å². The molecule has 0 atom stereocenters. The molecule has 1 aromatic heterocycles. The van der Waals surface area contributed by atoms with E-state index in [0.717, 1.165) is 17.0 Å². The normalized spacial score (nSPS) is 10.8. The lowest BCUT2D eigenvalue weighted by Gasteiger charge is -2.01. The van der Waals surface area contributed by atoms with E-state index in [4.69, 9.17) is 4.63 Å². The van der Waals surface area contributed by atoms with E-state index in [1.807, 2.05) is 30.3 Å². The standard InChI is InChI=1S/C11H12N2O/c1-8(2)10-11(13-14-12-10)9-6-4-3-5-7-9/h3-8H,1-2H3. The second kappa shape index (κ2) is 3.62. The van der Waals surface area contributed by atoms with Crippen LogP contribution in [0.25, 0.3) is 11.3 Å². The van der Waals surface area contributed by atoms with Gasteiger partial charge >= 0.3 is 0 Å². The molecule has 1 heterocycles.